The quantitative estimate of drug-likeness (QED) is 0.0577. The van der Waals surface area contributed by atoms with Gasteiger partial charge in [0.15, 0.2) is 0 Å². The third-order valence-electron chi connectivity index (χ3n) is 11.4. The minimum absolute atomic E-state index is 0.0397. The normalized spacial score (nSPS) is 17.2. The molecule has 0 radical (unpaired) electrons. The van der Waals surface area contributed by atoms with Crippen molar-refractivity contribution >= 4 is 36.9 Å². The molecule has 0 aliphatic heterocycles. The molecule has 2 saturated carbocycles. The Bertz CT molecular complexity index is 1690. The van der Waals surface area contributed by atoms with Gasteiger partial charge in [0.25, 0.3) is 5.91 Å². The van der Waals surface area contributed by atoms with Crippen molar-refractivity contribution in [3.05, 3.63) is 46.9 Å². The van der Waals surface area contributed by atoms with Gasteiger partial charge in [-0.3, -0.25) is 14.3 Å². The minimum Gasteiger partial charge on any atom is -0.617 e. The molecule has 1 unspecified atom stereocenters. The highest BCUT2D eigenvalue weighted by Gasteiger charge is 2.43. The molecule has 14 heteroatoms. The van der Waals surface area contributed by atoms with E-state index in [1.807, 2.05) is 18.5 Å². The van der Waals surface area contributed by atoms with Crippen LogP contribution in [0.4, 0.5) is 10.2 Å². The summed E-state index contributed by atoms with van der Waals surface area (Å²) in [5.41, 5.74) is 9.33. The summed E-state index contributed by atoms with van der Waals surface area (Å²) in [4.78, 5) is 32.3. The van der Waals surface area contributed by atoms with Gasteiger partial charge >= 0.3 is 0 Å². The second-order valence-electron chi connectivity index (χ2n) is 16.7. The van der Waals surface area contributed by atoms with Gasteiger partial charge in [0.1, 0.15) is 24.0 Å². The maximum atomic E-state index is 16.1. The zero-order chi connectivity index (χ0) is 39.0. The fourth-order valence-electron chi connectivity index (χ4n) is 8.84. The Kier molecular flexibility index (Phi) is 14.9. The molecule has 11 nitrogen and oxygen atoms in total. The van der Waals surface area contributed by atoms with E-state index in [0.717, 1.165) is 63.1 Å². The first-order valence-electron chi connectivity index (χ1n) is 20.1. The van der Waals surface area contributed by atoms with Crippen LogP contribution in [0.5, 0.6) is 0 Å². The van der Waals surface area contributed by atoms with Crippen LogP contribution in [0, 0.1) is 30.6 Å². The van der Waals surface area contributed by atoms with Gasteiger partial charge in [-0.1, -0.05) is 102 Å². The second-order valence-corrected chi connectivity index (χ2v) is 23.8. The number of halogens is 1. The standard InChI is InChI=1S/C40H62FN7O4SSi/c1-7-32-34(27(2)46-48(32)26-52-22-24-54(4,5)6)30-19-20-33(44-38(30)41)45-40(50)36(31-25-43-47(37(31)39(42)49)21-14-23-53(3)51)35(28-15-10-8-11-16-28)29-17-12-9-13-18-29/h19-20,25,28-29,35-36H,7-18,21-24,26H2,1-6H3,(H2,42,49)(H,44,45,50)/t36-,53?/m1/s1. The number of nitrogens with zero attached hydrogens (tertiary/aromatic N) is 5. The maximum Gasteiger partial charge on any atom is 0.267 e. The number of aryl methyl sites for hydroxylation is 2. The smallest absolute Gasteiger partial charge is 0.267 e. The van der Waals surface area contributed by atoms with Gasteiger partial charge in [-0.25, -0.2) is 9.67 Å². The van der Waals surface area contributed by atoms with Crippen LogP contribution in [0.25, 0.3) is 11.1 Å². The first-order chi connectivity index (χ1) is 25.8. The SMILES string of the molecule is CCc1c(-c2ccc(NC(=O)[C@H](c3cnn(CCC[S+](C)[O-])c3C(N)=O)C(C3CCCCC3)C3CCCCC3)nc2F)c(C)nn1COCC[Si](C)(C)C. The molecular formula is C40H62FN7O4SSi. The number of nitrogens with one attached hydrogen (secondary N) is 1. The van der Waals surface area contributed by atoms with E-state index in [9.17, 15) is 14.1 Å². The van der Waals surface area contributed by atoms with Crippen LogP contribution in [-0.4, -0.2) is 67.6 Å². The number of rotatable bonds is 18. The highest BCUT2D eigenvalue weighted by Crippen LogP contribution is 2.48. The van der Waals surface area contributed by atoms with Crippen LogP contribution >= 0.6 is 0 Å². The Morgan fingerprint density at radius 2 is 1.72 bits per heavy atom. The third-order valence-corrected chi connectivity index (χ3v) is 14.0. The zero-order valence-corrected chi connectivity index (χ0v) is 35.1. The van der Waals surface area contributed by atoms with E-state index in [1.54, 1.807) is 29.3 Å². The molecule has 3 N–H and O–H groups in total. The predicted octanol–water partition coefficient (Wildman–Crippen LogP) is 7.83. The van der Waals surface area contributed by atoms with Crippen molar-refractivity contribution in [1.29, 1.82) is 0 Å². The zero-order valence-electron chi connectivity index (χ0n) is 33.3. The van der Waals surface area contributed by atoms with Gasteiger partial charge in [-0.2, -0.15) is 14.6 Å². The second kappa shape index (κ2) is 19.2. The molecule has 2 aliphatic rings. The summed E-state index contributed by atoms with van der Waals surface area (Å²) in [5.74, 6) is -1.30. The van der Waals surface area contributed by atoms with Crippen molar-refractivity contribution in [2.24, 2.45) is 23.5 Å². The number of hydrogen-bond acceptors (Lipinski definition) is 7. The average molecular weight is 784 g/mol. The van der Waals surface area contributed by atoms with E-state index >= 15 is 4.39 Å². The van der Waals surface area contributed by atoms with Gasteiger partial charge in [-0.05, 0) is 49.3 Å². The highest BCUT2D eigenvalue weighted by atomic mass is 32.2. The Balaban J connectivity index is 1.48. The Hall–Kier alpha value is -3.07. The van der Waals surface area contributed by atoms with Gasteiger partial charge in [0.2, 0.25) is 11.9 Å². The van der Waals surface area contributed by atoms with E-state index < -0.39 is 37.0 Å². The molecule has 2 atom stereocenters. The monoisotopic (exact) mass is 783 g/mol. The topological polar surface area (TPSA) is 153 Å². The molecule has 2 amide bonds. The van der Waals surface area contributed by atoms with Crippen molar-refractivity contribution in [2.75, 3.05) is 23.9 Å². The number of ether oxygens (including phenoxy) is 1. The molecule has 54 heavy (non-hydrogen) atoms. The lowest BCUT2D eigenvalue weighted by Gasteiger charge is -2.41. The summed E-state index contributed by atoms with van der Waals surface area (Å²) in [6.45, 7) is 12.1. The van der Waals surface area contributed by atoms with Gasteiger partial charge in [0.05, 0.1) is 24.1 Å². The Morgan fingerprint density at radius 1 is 1.07 bits per heavy atom. The molecule has 2 fully saturated rings. The summed E-state index contributed by atoms with van der Waals surface area (Å²) in [7, 11) is -1.24. The molecule has 3 heterocycles. The summed E-state index contributed by atoms with van der Waals surface area (Å²) in [5, 5.41) is 12.3. The van der Waals surface area contributed by atoms with Crippen molar-refractivity contribution < 1.29 is 23.3 Å². The molecule has 3 aromatic rings. The maximum absolute atomic E-state index is 16.1. The van der Waals surface area contributed by atoms with Crippen molar-refractivity contribution in [3.8, 4) is 11.1 Å². The fraction of sp³-hybridized carbons (Fsp3) is 0.675. The molecule has 5 rings (SSSR count). The molecule has 0 saturated heterocycles. The van der Waals surface area contributed by atoms with E-state index in [4.69, 9.17) is 15.6 Å². The van der Waals surface area contributed by atoms with Crippen molar-refractivity contribution in [1.82, 2.24) is 24.5 Å². The molecule has 298 valence electrons. The minimum atomic E-state index is -1.24. The predicted molar refractivity (Wildman–Crippen MR) is 216 cm³/mol. The average Bonchev–Trinajstić information content (AvgIpc) is 3.69. The van der Waals surface area contributed by atoms with Crippen LogP contribution in [0.2, 0.25) is 25.7 Å². The summed E-state index contributed by atoms with van der Waals surface area (Å²) in [6, 6.07) is 4.36. The van der Waals surface area contributed by atoms with Crippen molar-refractivity contribution in [2.45, 2.75) is 136 Å². The van der Waals surface area contributed by atoms with Gasteiger partial charge in [0, 0.05) is 50.0 Å². The van der Waals surface area contributed by atoms with Crippen LogP contribution in [-0.2, 0) is 40.4 Å². The van der Waals surface area contributed by atoms with E-state index in [2.05, 4.69) is 35.0 Å². The first kappa shape index (κ1) is 42.1. The molecule has 2 aliphatic carbocycles. The third kappa shape index (κ3) is 10.6. The van der Waals surface area contributed by atoms with Crippen LogP contribution in [0.15, 0.2) is 18.3 Å². The molecule has 3 aromatic heterocycles. The number of carbonyl (C=O) groups is 2. The molecule has 0 spiro atoms. The Labute approximate surface area is 325 Å². The number of amides is 2. The number of nitrogens with two attached hydrogens (primary N) is 1. The lowest BCUT2D eigenvalue weighted by molar-refractivity contribution is -0.120. The van der Waals surface area contributed by atoms with E-state index in [1.165, 1.54) is 12.8 Å². The number of anilines is 1. The van der Waals surface area contributed by atoms with Crippen LogP contribution < -0.4 is 11.1 Å². The van der Waals surface area contributed by atoms with E-state index in [0.29, 0.717) is 72.7 Å². The van der Waals surface area contributed by atoms with Crippen molar-refractivity contribution in [3.63, 3.8) is 0 Å². The lowest BCUT2D eigenvalue weighted by Crippen LogP contribution is -2.39. The summed E-state index contributed by atoms with van der Waals surface area (Å²) in [6.07, 6.45) is 15.3. The highest BCUT2D eigenvalue weighted by molar-refractivity contribution is 7.90. The number of primary amides is 1. The summed E-state index contributed by atoms with van der Waals surface area (Å²) >= 11 is -0.994. The number of pyridine rings is 1. The molecule has 0 bridgehead atoms. The van der Waals surface area contributed by atoms with E-state index in [-0.39, 0.29) is 23.3 Å². The van der Waals surface area contributed by atoms with Crippen LogP contribution in [0.3, 0.4) is 0 Å². The number of aromatic nitrogens is 5. The lowest BCUT2D eigenvalue weighted by atomic mass is 9.63. The Morgan fingerprint density at radius 3 is 2.28 bits per heavy atom. The number of hydrogen-bond donors (Lipinski definition) is 2. The van der Waals surface area contributed by atoms with Gasteiger partial charge in [-0.15, -0.1) is 0 Å². The molecular weight excluding hydrogens is 722 g/mol. The fourth-order valence-corrected chi connectivity index (χ4v) is 10.1. The van der Waals surface area contributed by atoms with Crippen LogP contribution in [0.1, 0.15) is 111 Å². The number of carbonyl (C=O) groups excluding carboxylic acids is 2. The van der Waals surface area contributed by atoms with Gasteiger partial charge < -0.3 is 20.3 Å². The first-order valence-corrected chi connectivity index (χ1v) is 25.5. The summed E-state index contributed by atoms with van der Waals surface area (Å²) < 4.78 is 37.3. The molecule has 0 aromatic carbocycles. The largest absolute Gasteiger partial charge is 0.617 e.